The van der Waals surface area contributed by atoms with E-state index in [0.29, 0.717) is 32.8 Å². The minimum atomic E-state index is -0.888. The summed E-state index contributed by atoms with van der Waals surface area (Å²) in [7, 11) is 0. The zero-order chi connectivity index (χ0) is 25.8. The maximum atomic E-state index is 13.5. The van der Waals surface area contributed by atoms with E-state index in [2.05, 4.69) is 27.9 Å². The third-order valence-electron chi connectivity index (χ3n) is 5.11. The number of nitrogens with one attached hydrogen (secondary N) is 1. The van der Waals surface area contributed by atoms with Gasteiger partial charge in [0, 0.05) is 0 Å². The first kappa shape index (κ1) is 25.6. The van der Waals surface area contributed by atoms with Crippen LogP contribution < -0.4 is 19.7 Å². The Morgan fingerprint density at radius 3 is 2.56 bits per heavy atom. The number of para-hydroxylation sites is 1. The quantitative estimate of drug-likeness (QED) is 0.207. The van der Waals surface area contributed by atoms with Crippen LogP contribution >= 0.6 is 34.2 Å². The third kappa shape index (κ3) is 5.52. The fraction of sp³-hybridized carbons (Fsp3) is 0.115. The van der Waals surface area contributed by atoms with Gasteiger partial charge in [0.1, 0.15) is 18.0 Å². The van der Waals surface area contributed by atoms with Gasteiger partial charge in [0.05, 0.1) is 20.9 Å². The van der Waals surface area contributed by atoms with E-state index in [-0.39, 0.29) is 28.7 Å². The summed E-state index contributed by atoms with van der Waals surface area (Å²) in [6.07, 6.45) is 1.37. The van der Waals surface area contributed by atoms with Crippen LogP contribution in [0.2, 0.25) is 5.02 Å². The van der Waals surface area contributed by atoms with Crippen molar-refractivity contribution in [2.24, 2.45) is 0 Å². The number of halogens is 3. The fourth-order valence-corrected chi connectivity index (χ4v) is 4.53. The Hall–Kier alpha value is -3.44. The summed E-state index contributed by atoms with van der Waals surface area (Å²) < 4.78 is 25.8. The van der Waals surface area contributed by atoms with Gasteiger partial charge in [-0.25, -0.2) is 14.1 Å². The van der Waals surface area contributed by atoms with Crippen molar-refractivity contribution in [2.75, 3.05) is 11.5 Å². The predicted octanol–water partition coefficient (Wildman–Crippen LogP) is 5.73. The second-order valence-electron chi connectivity index (χ2n) is 7.59. The molecule has 3 aromatic carbocycles. The largest absolute Gasteiger partial charge is 0.490 e. The van der Waals surface area contributed by atoms with Gasteiger partial charge in [-0.05, 0) is 83.1 Å². The lowest BCUT2D eigenvalue weighted by atomic mass is 10.1. The van der Waals surface area contributed by atoms with Crippen molar-refractivity contribution in [1.29, 1.82) is 0 Å². The smallest absolute Gasteiger partial charge is 0.335 e. The first-order valence-electron chi connectivity index (χ1n) is 10.8. The number of hydrogen-bond acceptors (Lipinski definition) is 5. The number of benzene rings is 3. The summed E-state index contributed by atoms with van der Waals surface area (Å²) in [5.41, 5.74) is 1.04. The van der Waals surface area contributed by atoms with Crippen LogP contribution in [0, 0.1) is 9.39 Å². The van der Waals surface area contributed by atoms with Gasteiger partial charge >= 0.3 is 6.03 Å². The highest BCUT2D eigenvalue weighted by molar-refractivity contribution is 14.1. The molecule has 1 fully saturated rings. The van der Waals surface area contributed by atoms with E-state index in [1.165, 1.54) is 30.3 Å². The lowest BCUT2D eigenvalue weighted by molar-refractivity contribution is -0.122. The molecule has 1 aliphatic rings. The number of rotatable bonds is 7. The molecule has 0 unspecified atom stereocenters. The van der Waals surface area contributed by atoms with Gasteiger partial charge in [-0.2, -0.15) is 0 Å². The molecule has 4 rings (SSSR count). The highest BCUT2D eigenvalue weighted by Crippen LogP contribution is 2.36. The molecular formula is C26H19ClFIN2O5. The van der Waals surface area contributed by atoms with E-state index >= 15 is 0 Å². The van der Waals surface area contributed by atoms with Crippen LogP contribution in [-0.4, -0.2) is 24.5 Å². The Labute approximate surface area is 225 Å². The number of hydrogen-bond donors (Lipinski definition) is 1. The van der Waals surface area contributed by atoms with Crippen LogP contribution in [-0.2, 0) is 16.2 Å². The molecule has 0 spiro atoms. The van der Waals surface area contributed by atoms with Crippen LogP contribution in [0.5, 0.6) is 11.5 Å². The van der Waals surface area contributed by atoms with Gasteiger partial charge in [-0.1, -0.05) is 35.9 Å². The van der Waals surface area contributed by atoms with Gasteiger partial charge < -0.3 is 9.47 Å². The Morgan fingerprint density at radius 1 is 1.06 bits per heavy atom. The van der Waals surface area contributed by atoms with E-state index in [1.807, 2.05) is 0 Å². The number of barbiturate groups is 1. The molecule has 0 aliphatic carbocycles. The molecule has 36 heavy (non-hydrogen) atoms. The van der Waals surface area contributed by atoms with Crippen molar-refractivity contribution < 1.29 is 28.2 Å². The standard InChI is InChI=1S/C26H19ClFIN2O5/c1-2-35-22-13-16(12-20(29)23(22)36-14-15-6-5-7-17(28)10-15)11-18-24(32)30-26(34)31(25(18)33)21-9-4-3-8-19(21)27/h3-13H,2,14H2,1H3,(H,30,32,34)/b18-11+. The molecule has 0 atom stereocenters. The Bertz CT molecular complexity index is 1390. The first-order chi connectivity index (χ1) is 17.3. The second kappa shape index (κ2) is 11.1. The molecule has 1 saturated heterocycles. The normalized spacial score (nSPS) is 14.7. The summed E-state index contributed by atoms with van der Waals surface area (Å²) in [5.74, 6) is -1.17. The molecule has 1 aliphatic heterocycles. The molecule has 3 aromatic rings. The van der Waals surface area contributed by atoms with E-state index in [0.717, 1.165) is 4.90 Å². The lowest BCUT2D eigenvalue weighted by Gasteiger charge is -2.27. The fourth-order valence-electron chi connectivity index (χ4n) is 3.53. The van der Waals surface area contributed by atoms with E-state index in [9.17, 15) is 18.8 Å². The zero-order valence-corrected chi connectivity index (χ0v) is 21.8. The predicted molar refractivity (Wildman–Crippen MR) is 142 cm³/mol. The van der Waals surface area contributed by atoms with Crippen molar-refractivity contribution in [3.05, 3.63) is 91.8 Å². The molecule has 0 saturated carbocycles. The number of ether oxygens (including phenoxy) is 2. The lowest BCUT2D eigenvalue weighted by Crippen LogP contribution is -2.54. The minimum absolute atomic E-state index is 0.115. The van der Waals surface area contributed by atoms with Crippen LogP contribution in [0.25, 0.3) is 6.08 Å². The molecule has 4 amide bonds. The number of anilines is 1. The Morgan fingerprint density at radius 2 is 1.83 bits per heavy atom. The Kier molecular flexibility index (Phi) is 7.90. The van der Waals surface area contributed by atoms with Crippen molar-refractivity contribution >= 4 is 63.8 Å². The van der Waals surface area contributed by atoms with E-state index in [1.54, 1.807) is 43.3 Å². The van der Waals surface area contributed by atoms with Gasteiger partial charge in [-0.15, -0.1) is 0 Å². The zero-order valence-electron chi connectivity index (χ0n) is 18.9. The number of nitrogens with zero attached hydrogens (tertiary/aromatic N) is 1. The molecule has 1 N–H and O–H groups in total. The molecule has 184 valence electrons. The topological polar surface area (TPSA) is 84.9 Å². The number of urea groups is 1. The van der Waals surface area contributed by atoms with Crippen molar-refractivity contribution in [3.8, 4) is 11.5 Å². The molecular weight excluding hydrogens is 602 g/mol. The Balaban J connectivity index is 1.67. The number of carbonyl (C=O) groups is 3. The summed E-state index contributed by atoms with van der Waals surface area (Å²) in [5, 5.41) is 2.36. The molecule has 0 aromatic heterocycles. The monoisotopic (exact) mass is 620 g/mol. The van der Waals surface area contributed by atoms with Gasteiger partial charge in [0.15, 0.2) is 11.5 Å². The molecule has 0 radical (unpaired) electrons. The second-order valence-corrected chi connectivity index (χ2v) is 9.16. The highest BCUT2D eigenvalue weighted by atomic mass is 127. The van der Waals surface area contributed by atoms with Crippen molar-refractivity contribution in [2.45, 2.75) is 13.5 Å². The average molecular weight is 621 g/mol. The van der Waals surface area contributed by atoms with Crippen molar-refractivity contribution in [1.82, 2.24) is 5.32 Å². The summed E-state index contributed by atoms with van der Waals surface area (Å²) in [6, 6.07) is 14.8. The van der Waals surface area contributed by atoms with Gasteiger partial charge in [0.25, 0.3) is 11.8 Å². The third-order valence-corrected chi connectivity index (χ3v) is 6.23. The van der Waals surface area contributed by atoms with Crippen LogP contribution in [0.1, 0.15) is 18.1 Å². The SMILES string of the molecule is CCOc1cc(/C=C2\C(=O)NC(=O)N(c3ccccc3Cl)C2=O)cc(I)c1OCc1cccc(F)c1. The minimum Gasteiger partial charge on any atom is -0.490 e. The number of imide groups is 2. The maximum Gasteiger partial charge on any atom is 0.335 e. The van der Waals surface area contributed by atoms with Crippen molar-refractivity contribution in [3.63, 3.8) is 0 Å². The average Bonchev–Trinajstić information content (AvgIpc) is 2.82. The summed E-state index contributed by atoms with van der Waals surface area (Å²) in [6.45, 7) is 2.25. The maximum absolute atomic E-state index is 13.5. The van der Waals surface area contributed by atoms with E-state index < -0.39 is 17.8 Å². The van der Waals surface area contributed by atoms with Crippen LogP contribution in [0.15, 0.2) is 66.2 Å². The highest BCUT2D eigenvalue weighted by Gasteiger charge is 2.37. The van der Waals surface area contributed by atoms with Gasteiger partial charge in [0.2, 0.25) is 0 Å². The molecule has 1 heterocycles. The summed E-state index contributed by atoms with van der Waals surface area (Å²) >= 11 is 8.23. The molecule has 7 nitrogen and oxygen atoms in total. The van der Waals surface area contributed by atoms with E-state index in [4.69, 9.17) is 21.1 Å². The molecule has 10 heteroatoms. The van der Waals surface area contributed by atoms with Crippen LogP contribution in [0.4, 0.5) is 14.9 Å². The molecule has 0 bridgehead atoms. The first-order valence-corrected chi connectivity index (χ1v) is 12.2. The van der Waals surface area contributed by atoms with Crippen LogP contribution in [0.3, 0.4) is 0 Å². The van der Waals surface area contributed by atoms with Gasteiger partial charge in [-0.3, -0.25) is 14.9 Å². The number of carbonyl (C=O) groups excluding carboxylic acids is 3. The number of amides is 4. The summed E-state index contributed by atoms with van der Waals surface area (Å²) in [4.78, 5) is 39.0.